The maximum Gasteiger partial charge on any atom is 0.472 e. The quantitative estimate of drug-likeness (QED) is 0.0169. The number of ether oxygens (including phenoxy) is 4. The molecule has 5 atom stereocenters. The molecule has 0 aliphatic rings. The van der Waals surface area contributed by atoms with Crippen molar-refractivity contribution in [2.45, 2.75) is 330 Å². The minimum absolute atomic E-state index is 0.0848. The number of carbonyl (C=O) groups excluding carboxylic acids is 4. The molecule has 3 N–H and O–H groups in total. The molecule has 0 aromatic carbocycles. The predicted molar refractivity (Wildman–Crippen MR) is 344 cm³/mol. The fraction of sp³-hybridized carbons (Fsp3) is 0.881. The summed E-state index contributed by atoms with van der Waals surface area (Å²) in [5.74, 6) is -0.820. The van der Waals surface area contributed by atoms with Crippen molar-refractivity contribution in [2.75, 3.05) is 39.6 Å². The van der Waals surface area contributed by atoms with Gasteiger partial charge in [-0.1, -0.05) is 258 Å². The van der Waals surface area contributed by atoms with Gasteiger partial charge >= 0.3 is 39.5 Å². The first-order chi connectivity index (χ1) is 41.4. The third-order valence-corrected chi connectivity index (χ3v) is 16.7. The van der Waals surface area contributed by atoms with Gasteiger partial charge in [-0.25, -0.2) is 9.13 Å². The second-order valence-electron chi connectivity index (χ2n) is 24.5. The molecule has 0 amide bonds. The summed E-state index contributed by atoms with van der Waals surface area (Å²) in [5.41, 5.74) is 0. The molecule has 2 unspecified atom stereocenters. The summed E-state index contributed by atoms with van der Waals surface area (Å²) < 4.78 is 68.0. The van der Waals surface area contributed by atoms with E-state index in [0.717, 1.165) is 109 Å². The van der Waals surface area contributed by atoms with Crippen LogP contribution >= 0.6 is 15.6 Å². The number of aliphatic hydroxyl groups excluding tert-OH is 1. The molecule has 0 spiro atoms. The molecule has 19 heteroatoms. The van der Waals surface area contributed by atoms with E-state index in [2.05, 4.69) is 65.8 Å². The number of phosphoric acid groups is 2. The van der Waals surface area contributed by atoms with Crippen molar-refractivity contribution in [1.82, 2.24) is 0 Å². The summed E-state index contributed by atoms with van der Waals surface area (Å²) in [6.07, 6.45) is 45.6. The van der Waals surface area contributed by atoms with Crippen LogP contribution in [-0.4, -0.2) is 96.7 Å². The maximum atomic E-state index is 13.0. The van der Waals surface area contributed by atoms with Crippen LogP contribution in [0.4, 0.5) is 0 Å². The highest BCUT2D eigenvalue weighted by Gasteiger charge is 2.30. The number of unbranched alkanes of at least 4 members (excludes halogenated alkanes) is 31. The van der Waals surface area contributed by atoms with Gasteiger partial charge in [0.1, 0.15) is 19.3 Å². The largest absolute Gasteiger partial charge is 0.472 e. The van der Waals surface area contributed by atoms with Crippen LogP contribution in [0, 0.1) is 11.8 Å². The number of rotatable bonds is 64. The average molecular weight is 1270 g/mol. The Bertz CT molecular complexity index is 1780. The molecule has 0 fully saturated rings. The van der Waals surface area contributed by atoms with Crippen LogP contribution in [0.15, 0.2) is 24.3 Å². The SMILES string of the molecule is CCCCCC/C=C\C=C/CCCCCCCC(=O)O[C@H](COC(=O)CCCCCCCCCCCCCCC)COP(=O)(O)OC[C@@H](O)COP(=O)(O)OC[C@@H](COC(=O)CCCCCCCCC(C)C)OC(=O)CCCCCCCCC(C)C. The van der Waals surface area contributed by atoms with E-state index in [0.29, 0.717) is 37.5 Å². The van der Waals surface area contributed by atoms with E-state index >= 15 is 0 Å². The van der Waals surface area contributed by atoms with Crippen LogP contribution < -0.4 is 0 Å². The first-order valence-corrected chi connectivity index (χ1v) is 37.3. The lowest BCUT2D eigenvalue weighted by Crippen LogP contribution is -2.30. The molecule has 86 heavy (non-hydrogen) atoms. The molecular formula is C67H126O17P2. The smallest absolute Gasteiger partial charge is 0.462 e. The maximum absolute atomic E-state index is 13.0. The van der Waals surface area contributed by atoms with Gasteiger partial charge in [0.25, 0.3) is 0 Å². The van der Waals surface area contributed by atoms with Crippen LogP contribution in [-0.2, 0) is 65.4 Å². The molecule has 0 heterocycles. The highest BCUT2D eigenvalue weighted by atomic mass is 31.2. The monoisotopic (exact) mass is 1260 g/mol. The molecule has 0 saturated heterocycles. The lowest BCUT2D eigenvalue weighted by Gasteiger charge is -2.21. The van der Waals surface area contributed by atoms with Crippen LogP contribution in [0.1, 0.15) is 311 Å². The summed E-state index contributed by atoms with van der Waals surface area (Å²) in [4.78, 5) is 72.3. The molecule has 17 nitrogen and oxygen atoms in total. The van der Waals surface area contributed by atoms with Crippen molar-refractivity contribution in [3.8, 4) is 0 Å². The van der Waals surface area contributed by atoms with Crippen LogP contribution in [0.25, 0.3) is 0 Å². The molecule has 0 aromatic rings. The van der Waals surface area contributed by atoms with E-state index < -0.39 is 97.5 Å². The number of hydrogen-bond donors (Lipinski definition) is 3. The number of aliphatic hydroxyl groups is 1. The zero-order chi connectivity index (χ0) is 63.6. The van der Waals surface area contributed by atoms with Gasteiger partial charge in [0, 0.05) is 25.7 Å². The van der Waals surface area contributed by atoms with Gasteiger partial charge in [-0.15, -0.1) is 0 Å². The van der Waals surface area contributed by atoms with Gasteiger partial charge in [0.05, 0.1) is 26.4 Å². The van der Waals surface area contributed by atoms with Crippen LogP contribution in [0.2, 0.25) is 0 Å². The Morgan fingerprint density at radius 2 is 0.628 bits per heavy atom. The molecule has 506 valence electrons. The number of hydrogen-bond acceptors (Lipinski definition) is 15. The van der Waals surface area contributed by atoms with Crippen molar-refractivity contribution in [3.05, 3.63) is 24.3 Å². The zero-order valence-corrected chi connectivity index (χ0v) is 56.9. The molecule has 0 aliphatic heterocycles. The topological polar surface area (TPSA) is 237 Å². The molecule has 0 saturated carbocycles. The van der Waals surface area contributed by atoms with Crippen molar-refractivity contribution >= 4 is 39.5 Å². The summed E-state index contributed by atoms with van der Waals surface area (Å²) >= 11 is 0. The fourth-order valence-electron chi connectivity index (χ4n) is 9.52. The minimum Gasteiger partial charge on any atom is -0.462 e. The fourth-order valence-corrected chi connectivity index (χ4v) is 11.1. The average Bonchev–Trinajstić information content (AvgIpc) is 3.69. The third-order valence-electron chi connectivity index (χ3n) is 14.8. The summed E-state index contributed by atoms with van der Waals surface area (Å²) in [6, 6.07) is 0. The van der Waals surface area contributed by atoms with E-state index in [9.17, 15) is 43.2 Å². The third kappa shape index (κ3) is 60.5. The van der Waals surface area contributed by atoms with E-state index in [1.165, 1.54) is 109 Å². The Kier molecular flexibility index (Phi) is 57.2. The van der Waals surface area contributed by atoms with Gasteiger partial charge in [-0.05, 0) is 63.2 Å². The lowest BCUT2D eigenvalue weighted by molar-refractivity contribution is -0.161. The van der Waals surface area contributed by atoms with Gasteiger partial charge < -0.3 is 33.8 Å². The first kappa shape index (κ1) is 83.5. The van der Waals surface area contributed by atoms with Gasteiger partial charge in [-0.3, -0.25) is 37.3 Å². The molecule has 0 radical (unpaired) electrons. The minimum atomic E-state index is -4.96. The Labute approximate surface area is 522 Å². The highest BCUT2D eigenvalue weighted by molar-refractivity contribution is 7.47. The molecule has 0 rings (SSSR count). The molecule has 0 aromatic heterocycles. The highest BCUT2D eigenvalue weighted by Crippen LogP contribution is 2.45. The lowest BCUT2D eigenvalue weighted by atomic mass is 10.0. The van der Waals surface area contributed by atoms with Crippen LogP contribution in [0.5, 0.6) is 0 Å². The Balaban J connectivity index is 5.27. The zero-order valence-electron chi connectivity index (χ0n) is 55.1. The normalized spacial score (nSPS) is 14.4. The Morgan fingerprint density at radius 3 is 0.953 bits per heavy atom. The predicted octanol–water partition coefficient (Wildman–Crippen LogP) is 18.4. The number of phosphoric ester groups is 2. The Morgan fingerprint density at radius 1 is 0.360 bits per heavy atom. The molecule has 0 aliphatic carbocycles. The second-order valence-corrected chi connectivity index (χ2v) is 27.4. The first-order valence-electron chi connectivity index (χ1n) is 34.3. The second kappa shape index (κ2) is 58.9. The van der Waals surface area contributed by atoms with E-state index in [1.807, 2.05) is 0 Å². The summed E-state index contributed by atoms with van der Waals surface area (Å²) in [5, 5.41) is 10.5. The number of carbonyl (C=O) groups is 4. The number of esters is 4. The van der Waals surface area contributed by atoms with Gasteiger partial charge in [0.2, 0.25) is 0 Å². The molecular weight excluding hydrogens is 1140 g/mol. The Hall–Kier alpha value is -2.46. The summed E-state index contributed by atoms with van der Waals surface area (Å²) in [6.45, 7) is 9.27. The van der Waals surface area contributed by atoms with E-state index in [4.69, 9.17) is 37.0 Å². The van der Waals surface area contributed by atoms with Crippen molar-refractivity contribution in [3.63, 3.8) is 0 Å². The standard InChI is InChI=1S/C67H126O17P2/c1-7-9-11-13-15-17-19-21-22-24-26-28-30-39-45-51-66(71)83-62(55-77-64(69)49-43-37-29-27-25-23-20-18-16-14-12-10-8-2)57-81-85(73,74)79-53-61(68)54-80-86(75,76)82-58-63(84-67(72)52-46-40-34-32-36-42-48-60(5)6)56-78-65(70)50-44-38-33-31-35-41-47-59(3)4/h17,19,21-22,59-63,68H,7-16,18,20,23-58H2,1-6H3,(H,73,74)(H,75,76)/b19-17-,22-21-/t61-,62-,63-/m1/s1. The van der Waals surface area contributed by atoms with Crippen molar-refractivity contribution < 1.29 is 80.2 Å². The molecule has 0 bridgehead atoms. The number of allylic oxidation sites excluding steroid dienone is 4. The summed E-state index contributed by atoms with van der Waals surface area (Å²) in [7, 11) is -9.90. The van der Waals surface area contributed by atoms with E-state index in [1.54, 1.807) is 0 Å². The van der Waals surface area contributed by atoms with Gasteiger partial charge in [0.15, 0.2) is 12.2 Å². The van der Waals surface area contributed by atoms with Crippen molar-refractivity contribution in [2.24, 2.45) is 11.8 Å². The van der Waals surface area contributed by atoms with Crippen molar-refractivity contribution in [1.29, 1.82) is 0 Å². The van der Waals surface area contributed by atoms with Gasteiger partial charge in [-0.2, -0.15) is 0 Å². The van der Waals surface area contributed by atoms with Crippen LogP contribution in [0.3, 0.4) is 0 Å². The van der Waals surface area contributed by atoms with E-state index in [-0.39, 0.29) is 25.7 Å².